The largest absolute Gasteiger partial charge is 0.496 e. The van der Waals surface area contributed by atoms with E-state index in [1.54, 1.807) is 17.9 Å². The number of methoxy groups -OCH3 is 1. The monoisotopic (exact) mass is 530 g/mol. The number of halogens is 1. The minimum absolute atomic E-state index is 0.269. The van der Waals surface area contributed by atoms with Gasteiger partial charge in [-0.1, -0.05) is 52.6 Å². The summed E-state index contributed by atoms with van der Waals surface area (Å²) >= 11 is 6.27. The van der Waals surface area contributed by atoms with Gasteiger partial charge >= 0.3 is 0 Å². The van der Waals surface area contributed by atoms with Crippen molar-refractivity contribution in [3.63, 3.8) is 0 Å². The van der Waals surface area contributed by atoms with Gasteiger partial charge in [0.1, 0.15) is 24.1 Å². The zero-order valence-corrected chi connectivity index (χ0v) is 22.2. The van der Waals surface area contributed by atoms with Crippen LogP contribution in [0.3, 0.4) is 0 Å². The molecule has 1 unspecified atom stereocenters. The number of aryl methyl sites for hydroxylation is 2. The molecule has 2 N–H and O–H groups in total. The average molecular weight is 531 g/mol. The van der Waals surface area contributed by atoms with Gasteiger partial charge in [-0.3, -0.25) is 4.79 Å². The van der Waals surface area contributed by atoms with E-state index in [9.17, 15) is 4.79 Å². The summed E-state index contributed by atoms with van der Waals surface area (Å²) in [6, 6.07) is 18.2. The Kier molecular flexibility index (Phi) is 7.02. The molecule has 194 valence electrons. The fourth-order valence-electron chi connectivity index (χ4n) is 4.52. The summed E-state index contributed by atoms with van der Waals surface area (Å²) in [5.41, 5.74) is 5.51. The van der Waals surface area contributed by atoms with Gasteiger partial charge in [0.25, 0.3) is 5.91 Å². The average Bonchev–Trinajstić information content (AvgIpc) is 3.37. The molecular weight excluding hydrogens is 504 g/mol. The number of tetrazole rings is 1. The molecule has 0 radical (unpaired) electrons. The molecule has 3 aromatic carbocycles. The van der Waals surface area contributed by atoms with Crippen molar-refractivity contribution in [1.82, 2.24) is 20.2 Å². The van der Waals surface area contributed by atoms with Crippen LogP contribution in [0.25, 0.3) is 0 Å². The number of carbonyl (C=O) groups is 1. The summed E-state index contributed by atoms with van der Waals surface area (Å²) in [5, 5.41) is 18.9. The van der Waals surface area contributed by atoms with Crippen molar-refractivity contribution >= 4 is 29.1 Å². The van der Waals surface area contributed by atoms with Gasteiger partial charge in [0.15, 0.2) is 0 Å². The molecule has 0 spiro atoms. The zero-order valence-electron chi connectivity index (χ0n) is 21.4. The Morgan fingerprint density at radius 3 is 2.68 bits per heavy atom. The molecule has 1 atom stereocenters. The summed E-state index contributed by atoms with van der Waals surface area (Å²) in [4.78, 5) is 13.7. The summed E-state index contributed by atoms with van der Waals surface area (Å²) in [5.74, 6) is 1.28. The fourth-order valence-corrected chi connectivity index (χ4v) is 4.71. The highest BCUT2D eigenvalue weighted by atomic mass is 35.5. The van der Waals surface area contributed by atoms with Crippen molar-refractivity contribution in [2.45, 2.75) is 33.4 Å². The number of hydrogen-bond acceptors (Lipinski definition) is 7. The summed E-state index contributed by atoms with van der Waals surface area (Å²) in [6.45, 7) is 6.11. The molecule has 0 bridgehead atoms. The quantitative estimate of drug-likeness (QED) is 0.327. The highest BCUT2D eigenvalue weighted by Crippen LogP contribution is 2.40. The minimum Gasteiger partial charge on any atom is -0.496 e. The van der Waals surface area contributed by atoms with Gasteiger partial charge in [-0.05, 0) is 61.0 Å². The lowest BCUT2D eigenvalue weighted by atomic mass is 9.94. The predicted molar refractivity (Wildman–Crippen MR) is 146 cm³/mol. The molecule has 0 aliphatic carbocycles. The molecule has 0 saturated carbocycles. The number of nitrogens with one attached hydrogen (secondary N) is 2. The van der Waals surface area contributed by atoms with Gasteiger partial charge in [-0.25, -0.2) is 0 Å². The lowest BCUT2D eigenvalue weighted by Crippen LogP contribution is -2.32. The third kappa shape index (κ3) is 4.92. The van der Waals surface area contributed by atoms with Crippen LogP contribution in [0.1, 0.15) is 35.2 Å². The van der Waals surface area contributed by atoms with E-state index in [4.69, 9.17) is 21.1 Å². The smallest absolute Gasteiger partial charge is 0.255 e. The first kappa shape index (κ1) is 25.3. The molecule has 38 heavy (non-hydrogen) atoms. The standard InChI is InChI=1S/C28H27ClN6O3/c1-16-9-12-23(17(2)13-16)31-27(36)25-18(3)30-28-32-33-34-35(28)26(25)21-11-10-20(14-24(21)37-4)38-15-19-7-5-6-8-22(19)29/h5-14,26H,15H2,1-4H3,(H,31,36)(H,30,32,34). The van der Waals surface area contributed by atoms with Crippen LogP contribution in [0.15, 0.2) is 71.9 Å². The number of amides is 1. The van der Waals surface area contributed by atoms with Gasteiger partial charge in [-0.2, -0.15) is 4.68 Å². The maximum atomic E-state index is 13.7. The third-order valence-corrected chi connectivity index (χ3v) is 6.81. The van der Waals surface area contributed by atoms with Crippen molar-refractivity contribution in [2.75, 3.05) is 17.7 Å². The second kappa shape index (κ2) is 10.5. The fraction of sp³-hybridized carbons (Fsp3) is 0.214. The minimum atomic E-state index is -0.639. The molecule has 1 aliphatic rings. The van der Waals surface area contributed by atoms with E-state index in [-0.39, 0.29) is 5.91 Å². The number of rotatable bonds is 7. The Bertz CT molecular complexity index is 1550. The maximum Gasteiger partial charge on any atom is 0.255 e. The van der Waals surface area contributed by atoms with Crippen molar-refractivity contribution in [3.8, 4) is 11.5 Å². The molecule has 2 heterocycles. The highest BCUT2D eigenvalue weighted by molar-refractivity contribution is 6.31. The summed E-state index contributed by atoms with van der Waals surface area (Å²) in [7, 11) is 1.57. The molecule has 1 aromatic heterocycles. The Morgan fingerprint density at radius 1 is 1.11 bits per heavy atom. The molecule has 0 saturated heterocycles. The number of aromatic nitrogens is 4. The first-order valence-corrected chi connectivity index (χ1v) is 12.4. The molecule has 9 nitrogen and oxygen atoms in total. The van der Waals surface area contributed by atoms with Crippen molar-refractivity contribution in [2.24, 2.45) is 0 Å². The maximum absolute atomic E-state index is 13.7. The predicted octanol–water partition coefficient (Wildman–Crippen LogP) is 5.46. The Morgan fingerprint density at radius 2 is 1.92 bits per heavy atom. The van der Waals surface area contributed by atoms with Crippen LogP contribution in [-0.4, -0.2) is 33.2 Å². The van der Waals surface area contributed by atoms with Gasteiger partial charge in [0.05, 0.1) is 12.7 Å². The number of carbonyl (C=O) groups excluding carboxylic acids is 1. The lowest BCUT2D eigenvalue weighted by Gasteiger charge is -2.29. The highest BCUT2D eigenvalue weighted by Gasteiger charge is 2.36. The van der Waals surface area contributed by atoms with Crippen molar-refractivity contribution in [3.05, 3.63) is 99.2 Å². The SMILES string of the molecule is COc1cc(OCc2ccccc2Cl)ccc1C1C(C(=O)Nc2ccc(C)cc2C)=C(C)Nc2nnnn21. The molecule has 5 rings (SSSR count). The first-order valence-electron chi connectivity index (χ1n) is 12.0. The first-order chi connectivity index (χ1) is 18.4. The van der Waals surface area contributed by atoms with E-state index in [0.29, 0.717) is 45.9 Å². The van der Waals surface area contributed by atoms with Crippen LogP contribution < -0.4 is 20.1 Å². The molecule has 1 amide bonds. The zero-order chi connectivity index (χ0) is 26.8. The molecule has 1 aliphatic heterocycles. The van der Waals surface area contributed by atoms with Gasteiger partial charge in [0.2, 0.25) is 5.95 Å². The number of fused-ring (bicyclic) bond motifs is 1. The van der Waals surface area contributed by atoms with Crippen LogP contribution in [0.2, 0.25) is 5.02 Å². The van der Waals surface area contributed by atoms with E-state index < -0.39 is 6.04 Å². The molecule has 10 heteroatoms. The van der Waals surface area contributed by atoms with Gasteiger partial charge in [-0.15, -0.1) is 0 Å². The van der Waals surface area contributed by atoms with Crippen molar-refractivity contribution in [1.29, 1.82) is 0 Å². The number of nitrogens with zero attached hydrogens (tertiary/aromatic N) is 4. The summed E-state index contributed by atoms with van der Waals surface area (Å²) < 4.78 is 13.3. The van der Waals surface area contributed by atoms with E-state index in [0.717, 1.165) is 22.4 Å². The number of benzene rings is 3. The second-order valence-electron chi connectivity index (χ2n) is 9.07. The number of anilines is 2. The van der Waals surface area contributed by atoms with Crippen LogP contribution in [0.4, 0.5) is 11.6 Å². The molecular formula is C28H27ClN6O3. The molecule has 4 aromatic rings. The number of allylic oxidation sites excluding steroid dienone is 1. The topological polar surface area (TPSA) is 103 Å². The Labute approximate surface area is 225 Å². The Balaban J connectivity index is 1.49. The van der Waals surface area contributed by atoms with Crippen LogP contribution >= 0.6 is 11.6 Å². The second-order valence-corrected chi connectivity index (χ2v) is 9.48. The van der Waals surface area contributed by atoms with E-state index in [1.165, 1.54) is 0 Å². The van der Waals surface area contributed by atoms with Crippen LogP contribution in [0.5, 0.6) is 11.5 Å². The molecule has 0 fully saturated rings. The Hall–Kier alpha value is -4.37. The number of hydrogen-bond donors (Lipinski definition) is 2. The summed E-state index contributed by atoms with van der Waals surface area (Å²) in [6.07, 6.45) is 0. The van der Waals surface area contributed by atoms with Gasteiger partial charge in [0, 0.05) is 33.6 Å². The lowest BCUT2D eigenvalue weighted by molar-refractivity contribution is -0.113. The van der Waals surface area contributed by atoms with Crippen LogP contribution in [-0.2, 0) is 11.4 Å². The van der Waals surface area contributed by atoms with Crippen molar-refractivity contribution < 1.29 is 14.3 Å². The third-order valence-electron chi connectivity index (χ3n) is 6.44. The van der Waals surface area contributed by atoms with E-state index in [2.05, 4.69) is 26.2 Å². The number of ether oxygens (including phenoxy) is 2. The normalized spacial score (nSPS) is 14.5. The van der Waals surface area contributed by atoms with E-state index in [1.807, 2.05) is 75.4 Å². The van der Waals surface area contributed by atoms with Crippen LogP contribution in [0, 0.1) is 13.8 Å². The van der Waals surface area contributed by atoms with E-state index >= 15 is 0 Å². The van der Waals surface area contributed by atoms with Gasteiger partial charge < -0.3 is 20.1 Å².